The highest BCUT2D eigenvalue weighted by Gasteiger charge is 2.27. The second-order valence-corrected chi connectivity index (χ2v) is 4.82. The first-order valence-corrected chi connectivity index (χ1v) is 6.12. The summed E-state index contributed by atoms with van der Waals surface area (Å²) in [6, 6.07) is 7.40. The second-order valence-electron chi connectivity index (χ2n) is 4.60. The molecule has 2 nitrogen and oxygen atoms in total. The van der Waals surface area contributed by atoms with Gasteiger partial charge in [-0.3, -0.25) is 4.29 Å². The molecule has 1 aliphatic rings. The third-order valence-corrected chi connectivity index (χ3v) is 3.65. The average molecular weight is 241 g/mol. The normalized spacial score (nSPS) is 18.1. The maximum atomic E-state index is 9.21. The molecule has 0 heterocycles. The molecule has 3 heteroatoms. The van der Waals surface area contributed by atoms with Crippen molar-refractivity contribution in [1.29, 1.82) is 0 Å². The van der Waals surface area contributed by atoms with Crippen LogP contribution < -0.4 is 0 Å². The third kappa shape index (κ3) is 2.89. The molecule has 2 rings (SSSR count). The number of rotatable bonds is 5. The Morgan fingerprint density at radius 1 is 1.31 bits per heavy atom. The standard InChI is InChI=1S/C13H17ClO2/c14-16-9-12(11-2-1-3-11)8-10-4-6-13(15)7-5-10/h4-7,11-12,15H,1-3,8-9H2/t12-/m0/s1. The molecule has 1 fully saturated rings. The Morgan fingerprint density at radius 3 is 2.50 bits per heavy atom. The van der Waals surface area contributed by atoms with E-state index < -0.39 is 0 Å². The summed E-state index contributed by atoms with van der Waals surface area (Å²) in [5.41, 5.74) is 1.24. The van der Waals surface area contributed by atoms with Gasteiger partial charge in [0.2, 0.25) is 0 Å². The molecule has 0 amide bonds. The molecule has 88 valence electrons. The van der Waals surface area contributed by atoms with Gasteiger partial charge in [0.1, 0.15) is 5.75 Å². The van der Waals surface area contributed by atoms with Crippen LogP contribution in [0.15, 0.2) is 24.3 Å². The first kappa shape index (κ1) is 11.7. The molecule has 1 N–H and O–H groups in total. The minimum atomic E-state index is 0.317. The van der Waals surface area contributed by atoms with Gasteiger partial charge in [0.05, 0.1) is 18.5 Å². The third-order valence-electron chi connectivity index (χ3n) is 3.53. The predicted octanol–water partition coefficient (Wildman–Crippen LogP) is 3.52. The largest absolute Gasteiger partial charge is 0.508 e. The zero-order valence-electron chi connectivity index (χ0n) is 9.23. The number of aromatic hydroxyl groups is 1. The first-order valence-electron chi connectivity index (χ1n) is 5.81. The molecular weight excluding hydrogens is 224 g/mol. The SMILES string of the molecule is Oc1ccc(C[C@@H](COCl)C2CCC2)cc1. The summed E-state index contributed by atoms with van der Waals surface area (Å²) in [5.74, 6) is 1.58. The van der Waals surface area contributed by atoms with Crippen LogP contribution >= 0.6 is 11.9 Å². The summed E-state index contributed by atoms with van der Waals surface area (Å²) in [7, 11) is 0. The van der Waals surface area contributed by atoms with Crippen molar-refractivity contribution in [3.8, 4) is 5.75 Å². The van der Waals surface area contributed by atoms with Gasteiger partial charge in [-0.05, 0) is 36.0 Å². The van der Waals surface area contributed by atoms with Gasteiger partial charge < -0.3 is 5.11 Å². The lowest BCUT2D eigenvalue weighted by Gasteiger charge is -2.33. The Balaban J connectivity index is 1.96. The van der Waals surface area contributed by atoms with Gasteiger partial charge in [-0.15, -0.1) is 0 Å². The lowest BCUT2D eigenvalue weighted by Crippen LogP contribution is -2.26. The molecule has 1 saturated carbocycles. The summed E-state index contributed by atoms with van der Waals surface area (Å²) in [5, 5.41) is 9.21. The molecule has 0 spiro atoms. The van der Waals surface area contributed by atoms with Crippen LogP contribution in [0.1, 0.15) is 24.8 Å². The van der Waals surface area contributed by atoms with Crippen molar-refractivity contribution in [2.75, 3.05) is 6.61 Å². The zero-order chi connectivity index (χ0) is 11.4. The van der Waals surface area contributed by atoms with Gasteiger partial charge in [-0.1, -0.05) is 31.4 Å². The predicted molar refractivity (Wildman–Crippen MR) is 64.4 cm³/mol. The molecule has 0 saturated heterocycles. The molecule has 1 aromatic rings. The number of hydrogen-bond acceptors (Lipinski definition) is 2. The highest BCUT2D eigenvalue weighted by Crippen LogP contribution is 2.35. The van der Waals surface area contributed by atoms with E-state index >= 15 is 0 Å². The molecule has 1 atom stereocenters. The number of hydrogen-bond donors (Lipinski definition) is 1. The number of benzene rings is 1. The van der Waals surface area contributed by atoms with Crippen LogP contribution in [-0.4, -0.2) is 11.7 Å². The number of halogens is 1. The molecule has 16 heavy (non-hydrogen) atoms. The van der Waals surface area contributed by atoms with Gasteiger partial charge in [-0.25, -0.2) is 0 Å². The Labute approximate surface area is 101 Å². The molecule has 0 radical (unpaired) electrons. The van der Waals surface area contributed by atoms with E-state index in [2.05, 4.69) is 0 Å². The Kier molecular flexibility index (Phi) is 4.08. The molecule has 0 unspecified atom stereocenters. The second kappa shape index (κ2) is 5.55. The van der Waals surface area contributed by atoms with Crippen molar-refractivity contribution in [2.45, 2.75) is 25.7 Å². The van der Waals surface area contributed by atoms with E-state index in [0.717, 1.165) is 12.3 Å². The van der Waals surface area contributed by atoms with E-state index in [1.165, 1.54) is 24.8 Å². The van der Waals surface area contributed by atoms with Crippen molar-refractivity contribution >= 4 is 11.9 Å². The molecule has 1 aliphatic carbocycles. The smallest absolute Gasteiger partial charge is 0.115 e. The summed E-state index contributed by atoms with van der Waals surface area (Å²) in [4.78, 5) is 0. The van der Waals surface area contributed by atoms with E-state index in [9.17, 15) is 5.11 Å². The highest BCUT2D eigenvalue weighted by atomic mass is 35.5. The Morgan fingerprint density at radius 2 is 2.00 bits per heavy atom. The summed E-state index contributed by atoms with van der Waals surface area (Å²) in [6.45, 7) is 0.618. The molecule has 0 aliphatic heterocycles. The van der Waals surface area contributed by atoms with Gasteiger partial charge >= 0.3 is 0 Å². The van der Waals surface area contributed by atoms with Gasteiger partial charge in [0.25, 0.3) is 0 Å². The summed E-state index contributed by atoms with van der Waals surface area (Å²) < 4.78 is 4.78. The van der Waals surface area contributed by atoms with Crippen LogP contribution in [0.5, 0.6) is 5.75 Å². The summed E-state index contributed by atoms with van der Waals surface area (Å²) >= 11 is 5.37. The van der Waals surface area contributed by atoms with Crippen LogP contribution in [0.25, 0.3) is 0 Å². The van der Waals surface area contributed by atoms with Crippen LogP contribution in [0.4, 0.5) is 0 Å². The highest BCUT2D eigenvalue weighted by molar-refractivity contribution is 6.07. The fourth-order valence-corrected chi connectivity index (χ4v) is 2.45. The van der Waals surface area contributed by atoms with Gasteiger partial charge in [0, 0.05) is 0 Å². The maximum absolute atomic E-state index is 9.21. The van der Waals surface area contributed by atoms with Crippen molar-refractivity contribution in [3.05, 3.63) is 29.8 Å². The molecule has 1 aromatic carbocycles. The minimum Gasteiger partial charge on any atom is -0.508 e. The fourth-order valence-electron chi connectivity index (χ4n) is 2.29. The summed E-state index contributed by atoms with van der Waals surface area (Å²) in [6.07, 6.45) is 4.91. The fraction of sp³-hybridized carbons (Fsp3) is 0.538. The van der Waals surface area contributed by atoms with Crippen LogP contribution in [0, 0.1) is 11.8 Å². The lowest BCUT2D eigenvalue weighted by molar-refractivity contribution is 0.143. The number of phenols is 1. The average Bonchev–Trinajstić information content (AvgIpc) is 2.19. The van der Waals surface area contributed by atoms with Crippen LogP contribution in [0.3, 0.4) is 0 Å². The topological polar surface area (TPSA) is 29.5 Å². The van der Waals surface area contributed by atoms with E-state index in [4.69, 9.17) is 16.2 Å². The minimum absolute atomic E-state index is 0.317. The van der Waals surface area contributed by atoms with Gasteiger partial charge in [-0.2, -0.15) is 0 Å². The van der Waals surface area contributed by atoms with Crippen molar-refractivity contribution in [2.24, 2.45) is 11.8 Å². The van der Waals surface area contributed by atoms with Crippen molar-refractivity contribution < 1.29 is 9.40 Å². The first-order chi connectivity index (χ1) is 7.79. The maximum Gasteiger partial charge on any atom is 0.115 e. The van der Waals surface area contributed by atoms with Crippen molar-refractivity contribution in [3.63, 3.8) is 0 Å². The molecular formula is C13H17ClO2. The molecule has 0 bridgehead atoms. The van der Waals surface area contributed by atoms with E-state index in [1.54, 1.807) is 12.1 Å². The molecule has 0 aromatic heterocycles. The monoisotopic (exact) mass is 240 g/mol. The lowest BCUT2D eigenvalue weighted by atomic mass is 9.74. The van der Waals surface area contributed by atoms with Gasteiger partial charge in [0.15, 0.2) is 0 Å². The van der Waals surface area contributed by atoms with E-state index in [-0.39, 0.29) is 0 Å². The quantitative estimate of drug-likeness (QED) is 0.853. The van der Waals surface area contributed by atoms with E-state index in [0.29, 0.717) is 18.3 Å². The van der Waals surface area contributed by atoms with E-state index in [1.807, 2.05) is 12.1 Å². The Hall–Kier alpha value is -0.730. The van der Waals surface area contributed by atoms with Crippen LogP contribution in [0.2, 0.25) is 0 Å². The Bertz CT molecular complexity index is 319. The van der Waals surface area contributed by atoms with Crippen LogP contribution in [-0.2, 0) is 10.7 Å². The number of phenolic OH excluding ortho intramolecular Hbond substituents is 1. The van der Waals surface area contributed by atoms with Crippen molar-refractivity contribution in [1.82, 2.24) is 0 Å². The zero-order valence-corrected chi connectivity index (χ0v) is 9.99.